The average molecular weight is 371 g/mol. The average Bonchev–Trinajstić information content (AvgIpc) is 2.65. The molecule has 0 aliphatic rings. The summed E-state index contributed by atoms with van der Waals surface area (Å²) in [5, 5.41) is 7.07. The van der Waals surface area contributed by atoms with Crippen molar-refractivity contribution in [2.75, 3.05) is 24.9 Å². The van der Waals surface area contributed by atoms with Crippen LogP contribution in [0.15, 0.2) is 48.7 Å². The monoisotopic (exact) mass is 370 g/mol. The van der Waals surface area contributed by atoms with Gasteiger partial charge in [0.25, 0.3) is 0 Å². The number of hydrogen-bond acceptors (Lipinski definition) is 6. The number of hydrogen-bond donors (Lipinski definition) is 2. The normalized spacial score (nSPS) is 10.3. The van der Waals surface area contributed by atoms with Gasteiger partial charge in [-0.3, -0.25) is 0 Å². The summed E-state index contributed by atoms with van der Waals surface area (Å²) in [5.41, 5.74) is 2.74. The number of halogens is 1. The van der Waals surface area contributed by atoms with Crippen LogP contribution in [0.1, 0.15) is 5.56 Å². The van der Waals surface area contributed by atoms with E-state index in [9.17, 15) is 0 Å². The Morgan fingerprint density at radius 3 is 2.50 bits per heavy atom. The Labute approximate surface area is 157 Å². The standard InChI is InChI=1S/C19H19ClN4O2/c1-12-4-5-13(20)10-15(12)23-19-21-9-8-18(24-19)22-14-6-7-16(25-2)17(11-14)26-3/h4-11H,1-3H3,(H2,21,22,23,24). The van der Waals surface area contributed by atoms with Crippen LogP contribution in [-0.4, -0.2) is 24.2 Å². The molecule has 0 radical (unpaired) electrons. The second-order valence-corrected chi connectivity index (χ2v) is 5.98. The molecule has 26 heavy (non-hydrogen) atoms. The molecule has 2 N–H and O–H groups in total. The first kappa shape index (κ1) is 17.8. The van der Waals surface area contributed by atoms with Crippen molar-refractivity contribution in [3.8, 4) is 11.5 Å². The molecule has 0 amide bonds. The number of rotatable bonds is 6. The van der Waals surface area contributed by atoms with Crippen molar-refractivity contribution in [2.24, 2.45) is 0 Å². The minimum absolute atomic E-state index is 0.473. The van der Waals surface area contributed by atoms with Gasteiger partial charge < -0.3 is 20.1 Å². The first-order chi connectivity index (χ1) is 12.6. The molecule has 0 aliphatic heterocycles. The van der Waals surface area contributed by atoms with Crippen LogP contribution in [0.2, 0.25) is 5.02 Å². The number of ether oxygens (including phenoxy) is 2. The summed E-state index contributed by atoms with van der Waals surface area (Å²) in [6, 6.07) is 13.0. The summed E-state index contributed by atoms with van der Waals surface area (Å²) in [4.78, 5) is 8.74. The Balaban J connectivity index is 1.80. The smallest absolute Gasteiger partial charge is 0.229 e. The molecule has 0 unspecified atom stereocenters. The Morgan fingerprint density at radius 2 is 1.73 bits per heavy atom. The highest BCUT2D eigenvalue weighted by molar-refractivity contribution is 6.30. The van der Waals surface area contributed by atoms with Crippen molar-refractivity contribution in [3.63, 3.8) is 0 Å². The third-order valence-corrected chi connectivity index (χ3v) is 3.99. The molecule has 1 aromatic heterocycles. The lowest BCUT2D eigenvalue weighted by Gasteiger charge is -2.12. The fourth-order valence-electron chi connectivity index (χ4n) is 2.40. The van der Waals surface area contributed by atoms with E-state index in [0.717, 1.165) is 16.9 Å². The van der Waals surface area contributed by atoms with Gasteiger partial charge in [-0.2, -0.15) is 4.98 Å². The van der Waals surface area contributed by atoms with Crippen LogP contribution < -0.4 is 20.1 Å². The van der Waals surface area contributed by atoms with Crippen molar-refractivity contribution in [1.82, 2.24) is 9.97 Å². The molecular formula is C19H19ClN4O2. The van der Waals surface area contributed by atoms with E-state index in [2.05, 4.69) is 20.6 Å². The van der Waals surface area contributed by atoms with Crippen molar-refractivity contribution < 1.29 is 9.47 Å². The molecular weight excluding hydrogens is 352 g/mol. The Kier molecular flexibility index (Phi) is 5.43. The second kappa shape index (κ2) is 7.93. The van der Waals surface area contributed by atoms with Gasteiger partial charge in [-0.25, -0.2) is 4.98 Å². The predicted molar refractivity (Wildman–Crippen MR) is 104 cm³/mol. The van der Waals surface area contributed by atoms with E-state index in [-0.39, 0.29) is 0 Å². The third-order valence-electron chi connectivity index (χ3n) is 3.76. The van der Waals surface area contributed by atoms with Gasteiger partial charge in [-0.1, -0.05) is 17.7 Å². The highest BCUT2D eigenvalue weighted by Crippen LogP contribution is 2.31. The fraction of sp³-hybridized carbons (Fsp3) is 0.158. The zero-order chi connectivity index (χ0) is 18.5. The summed E-state index contributed by atoms with van der Waals surface area (Å²) in [6.45, 7) is 1.99. The summed E-state index contributed by atoms with van der Waals surface area (Å²) >= 11 is 6.06. The fourth-order valence-corrected chi connectivity index (χ4v) is 2.57. The second-order valence-electron chi connectivity index (χ2n) is 5.54. The molecule has 2 aromatic carbocycles. The Morgan fingerprint density at radius 1 is 0.923 bits per heavy atom. The molecule has 0 bridgehead atoms. The molecule has 0 spiro atoms. The molecule has 1 heterocycles. The molecule has 3 aromatic rings. The third kappa shape index (κ3) is 4.15. The maximum Gasteiger partial charge on any atom is 0.229 e. The van der Waals surface area contributed by atoms with Crippen molar-refractivity contribution in [1.29, 1.82) is 0 Å². The van der Waals surface area contributed by atoms with Crippen LogP contribution in [0.25, 0.3) is 0 Å². The number of anilines is 4. The SMILES string of the molecule is COc1ccc(Nc2ccnc(Nc3cc(Cl)ccc3C)n2)cc1OC. The van der Waals surface area contributed by atoms with Crippen molar-refractivity contribution in [2.45, 2.75) is 6.92 Å². The zero-order valence-electron chi connectivity index (χ0n) is 14.7. The number of nitrogens with zero attached hydrogens (tertiary/aromatic N) is 2. The quantitative estimate of drug-likeness (QED) is 0.640. The number of nitrogens with one attached hydrogen (secondary N) is 2. The topological polar surface area (TPSA) is 68.3 Å². The Hall–Kier alpha value is -2.99. The van der Waals surface area contributed by atoms with E-state index in [0.29, 0.717) is 28.3 Å². The van der Waals surface area contributed by atoms with E-state index in [1.54, 1.807) is 26.5 Å². The van der Waals surface area contributed by atoms with E-state index in [4.69, 9.17) is 21.1 Å². The van der Waals surface area contributed by atoms with Crippen molar-refractivity contribution in [3.05, 3.63) is 59.2 Å². The number of methoxy groups -OCH3 is 2. The van der Waals surface area contributed by atoms with Crippen LogP contribution in [0.5, 0.6) is 11.5 Å². The van der Waals surface area contributed by atoms with Crippen molar-refractivity contribution >= 4 is 34.7 Å². The maximum absolute atomic E-state index is 6.06. The van der Waals surface area contributed by atoms with Gasteiger partial charge in [0, 0.05) is 28.7 Å². The maximum atomic E-state index is 6.06. The van der Waals surface area contributed by atoms with Gasteiger partial charge in [0.1, 0.15) is 5.82 Å². The molecule has 0 saturated carbocycles. The molecule has 0 aliphatic carbocycles. The van der Waals surface area contributed by atoms with E-state index >= 15 is 0 Å². The van der Waals surface area contributed by atoms with Gasteiger partial charge >= 0.3 is 0 Å². The largest absolute Gasteiger partial charge is 0.493 e. The molecule has 0 saturated heterocycles. The molecule has 134 valence electrons. The first-order valence-electron chi connectivity index (χ1n) is 7.94. The molecule has 7 heteroatoms. The summed E-state index contributed by atoms with van der Waals surface area (Å²) in [6.07, 6.45) is 1.68. The number of aryl methyl sites for hydroxylation is 1. The van der Waals surface area contributed by atoms with Gasteiger partial charge in [0.15, 0.2) is 11.5 Å². The van der Waals surface area contributed by atoms with Crippen LogP contribution in [-0.2, 0) is 0 Å². The Bertz CT molecular complexity index is 918. The van der Waals surface area contributed by atoms with E-state index < -0.39 is 0 Å². The minimum atomic E-state index is 0.473. The van der Waals surface area contributed by atoms with Crippen LogP contribution in [0.4, 0.5) is 23.1 Å². The molecule has 0 atom stereocenters. The molecule has 6 nitrogen and oxygen atoms in total. The summed E-state index contributed by atoms with van der Waals surface area (Å²) in [7, 11) is 3.20. The lowest BCUT2D eigenvalue weighted by atomic mass is 10.2. The predicted octanol–water partition coefficient (Wildman–Crippen LogP) is 4.94. The zero-order valence-corrected chi connectivity index (χ0v) is 15.5. The van der Waals surface area contributed by atoms with Gasteiger partial charge in [0.2, 0.25) is 5.95 Å². The highest BCUT2D eigenvalue weighted by atomic mass is 35.5. The van der Waals surface area contributed by atoms with Crippen LogP contribution in [0, 0.1) is 6.92 Å². The van der Waals surface area contributed by atoms with Crippen LogP contribution >= 0.6 is 11.6 Å². The summed E-state index contributed by atoms with van der Waals surface area (Å²) < 4.78 is 10.6. The number of benzene rings is 2. The first-order valence-corrected chi connectivity index (χ1v) is 8.32. The highest BCUT2D eigenvalue weighted by Gasteiger charge is 2.07. The summed E-state index contributed by atoms with van der Waals surface area (Å²) in [5.74, 6) is 2.43. The van der Waals surface area contributed by atoms with E-state index in [1.807, 2.05) is 43.3 Å². The van der Waals surface area contributed by atoms with Crippen LogP contribution in [0.3, 0.4) is 0 Å². The lowest BCUT2D eigenvalue weighted by Crippen LogP contribution is -2.01. The molecule has 3 rings (SSSR count). The minimum Gasteiger partial charge on any atom is -0.493 e. The lowest BCUT2D eigenvalue weighted by molar-refractivity contribution is 0.355. The molecule has 0 fully saturated rings. The van der Waals surface area contributed by atoms with Gasteiger partial charge in [0.05, 0.1) is 14.2 Å². The van der Waals surface area contributed by atoms with Gasteiger partial charge in [-0.15, -0.1) is 0 Å². The van der Waals surface area contributed by atoms with Gasteiger partial charge in [-0.05, 0) is 42.8 Å². The number of aromatic nitrogens is 2. The van der Waals surface area contributed by atoms with E-state index in [1.165, 1.54) is 0 Å².